The number of carbonyl (C=O) groups is 1. The summed E-state index contributed by atoms with van der Waals surface area (Å²) in [7, 11) is 0. The number of rotatable bonds is 7. The van der Waals surface area contributed by atoms with Gasteiger partial charge >= 0.3 is 0 Å². The van der Waals surface area contributed by atoms with Gasteiger partial charge in [0.1, 0.15) is 5.76 Å². The normalized spacial score (nSPS) is 18.5. The second-order valence-electron chi connectivity index (χ2n) is 5.46. The molecule has 3 heterocycles. The smallest absolute Gasteiger partial charge is 0.238 e. The highest BCUT2D eigenvalue weighted by Gasteiger charge is 2.19. The van der Waals surface area contributed by atoms with Gasteiger partial charge in [-0.3, -0.25) is 4.79 Å². The summed E-state index contributed by atoms with van der Waals surface area (Å²) in [5.74, 6) is 0.912. The molecule has 2 aromatic heterocycles. The first-order chi connectivity index (χ1) is 11.6. The minimum atomic E-state index is -0.319. The zero-order valence-electron chi connectivity index (χ0n) is 13.4. The summed E-state index contributed by atoms with van der Waals surface area (Å²) < 4.78 is 11.2. The Bertz CT molecular complexity index is 684. The summed E-state index contributed by atoms with van der Waals surface area (Å²) in [6.45, 7) is 5.16. The molecule has 10 heteroatoms. The monoisotopic (exact) mass is 369 g/mol. The fraction of sp³-hybridized carbons (Fsp3) is 0.571. The van der Waals surface area contributed by atoms with Gasteiger partial charge in [-0.05, 0) is 26.7 Å². The molecule has 1 fully saturated rings. The number of aryl methyl sites for hydroxylation is 1. The van der Waals surface area contributed by atoms with E-state index in [9.17, 15) is 4.79 Å². The Labute approximate surface area is 147 Å². The second-order valence-corrected chi connectivity index (χ2v) is 8.03. The van der Waals surface area contributed by atoms with E-state index in [2.05, 4.69) is 26.0 Å². The van der Waals surface area contributed by atoms with Crippen LogP contribution in [0.3, 0.4) is 0 Å². The Morgan fingerprint density at radius 2 is 2.42 bits per heavy atom. The van der Waals surface area contributed by atoms with Crippen molar-refractivity contribution in [1.29, 1.82) is 0 Å². The molecule has 8 nitrogen and oxygen atoms in total. The minimum absolute atomic E-state index is 0.155. The first-order valence-electron chi connectivity index (χ1n) is 7.70. The first-order valence-corrected chi connectivity index (χ1v) is 9.39. The molecule has 130 valence electrons. The third kappa shape index (κ3) is 4.68. The standard InChI is InChI=1S/C14H19N5O3S2/c1-8-6-11(19-22-8)16-12(20)9(2)23-14-18-17-13(24-14)15-7-10-4-3-5-21-10/h6,9-10H,3-5,7H2,1-2H3,(H,15,17)(H,16,19,20). The summed E-state index contributed by atoms with van der Waals surface area (Å²) in [5.41, 5.74) is 0. The maximum atomic E-state index is 12.1. The van der Waals surface area contributed by atoms with Crippen molar-refractivity contribution >= 4 is 40.0 Å². The molecule has 2 N–H and O–H groups in total. The molecular formula is C14H19N5O3S2. The van der Waals surface area contributed by atoms with Crippen LogP contribution in [0.5, 0.6) is 0 Å². The van der Waals surface area contributed by atoms with Crippen LogP contribution in [0.25, 0.3) is 0 Å². The molecular weight excluding hydrogens is 350 g/mol. The van der Waals surface area contributed by atoms with Crippen LogP contribution in [0.1, 0.15) is 25.5 Å². The minimum Gasteiger partial charge on any atom is -0.376 e. The van der Waals surface area contributed by atoms with Crippen molar-refractivity contribution in [3.8, 4) is 0 Å². The van der Waals surface area contributed by atoms with Crippen molar-refractivity contribution in [2.24, 2.45) is 0 Å². The molecule has 0 aliphatic carbocycles. The molecule has 0 spiro atoms. The summed E-state index contributed by atoms with van der Waals surface area (Å²) in [4.78, 5) is 12.1. The molecule has 2 unspecified atom stereocenters. The molecule has 1 saturated heterocycles. The van der Waals surface area contributed by atoms with E-state index in [1.807, 2.05) is 6.92 Å². The molecule has 24 heavy (non-hydrogen) atoms. The molecule has 2 atom stereocenters. The Morgan fingerprint density at radius 3 is 3.12 bits per heavy atom. The molecule has 0 aromatic carbocycles. The van der Waals surface area contributed by atoms with Crippen LogP contribution in [0.15, 0.2) is 14.9 Å². The lowest BCUT2D eigenvalue weighted by Gasteiger charge is -2.08. The zero-order valence-corrected chi connectivity index (χ0v) is 15.1. The SMILES string of the molecule is Cc1cc(NC(=O)C(C)Sc2nnc(NCC3CCCO3)s2)no1. The Hall–Kier alpha value is -1.65. The largest absolute Gasteiger partial charge is 0.376 e. The number of carbonyl (C=O) groups excluding carboxylic acids is 1. The van der Waals surface area contributed by atoms with Gasteiger partial charge in [0.05, 0.1) is 11.4 Å². The Kier molecular flexibility index (Phi) is 5.69. The highest BCUT2D eigenvalue weighted by atomic mass is 32.2. The fourth-order valence-electron chi connectivity index (χ4n) is 2.19. The van der Waals surface area contributed by atoms with Crippen LogP contribution in [0.4, 0.5) is 10.9 Å². The highest BCUT2D eigenvalue weighted by molar-refractivity contribution is 8.02. The van der Waals surface area contributed by atoms with Crippen molar-refractivity contribution in [2.75, 3.05) is 23.8 Å². The van der Waals surface area contributed by atoms with Gasteiger partial charge in [0.25, 0.3) is 0 Å². The van der Waals surface area contributed by atoms with Gasteiger partial charge < -0.3 is 19.9 Å². The van der Waals surface area contributed by atoms with Crippen molar-refractivity contribution in [1.82, 2.24) is 15.4 Å². The quantitative estimate of drug-likeness (QED) is 0.718. The van der Waals surface area contributed by atoms with Crippen LogP contribution in [0, 0.1) is 6.92 Å². The average molecular weight is 369 g/mol. The molecule has 1 amide bonds. The molecule has 0 bridgehead atoms. The number of anilines is 2. The summed E-state index contributed by atoms with van der Waals surface area (Å²) >= 11 is 2.79. The lowest BCUT2D eigenvalue weighted by molar-refractivity contribution is -0.115. The number of nitrogens with zero attached hydrogens (tertiary/aromatic N) is 3. The van der Waals surface area contributed by atoms with Crippen LogP contribution in [-0.4, -0.2) is 45.8 Å². The van der Waals surface area contributed by atoms with E-state index in [1.165, 1.54) is 23.1 Å². The fourth-order valence-corrected chi connectivity index (χ4v) is 4.10. The molecule has 2 aromatic rings. The lowest BCUT2D eigenvalue weighted by Crippen LogP contribution is -2.22. The molecule has 3 rings (SSSR count). The van der Waals surface area contributed by atoms with Crippen molar-refractivity contribution < 1.29 is 14.1 Å². The van der Waals surface area contributed by atoms with Crippen LogP contribution in [-0.2, 0) is 9.53 Å². The third-order valence-electron chi connectivity index (χ3n) is 3.44. The van der Waals surface area contributed by atoms with E-state index >= 15 is 0 Å². The number of aromatic nitrogens is 3. The molecule has 0 saturated carbocycles. The van der Waals surface area contributed by atoms with Crippen molar-refractivity contribution in [3.63, 3.8) is 0 Å². The number of nitrogens with one attached hydrogen (secondary N) is 2. The first kappa shape index (κ1) is 17.2. The van der Waals surface area contributed by atoms with Gasteiger partial charge in [0, 0.05) is 19.2 Å². The van der Waals surface area contributed by atoms with E-state index in [-0.39, 0.29) is 17.3 Å². The molecule has 0 radical (unpaired) electrons. The number of thioether (sulfide) groups is 1. The van der Waals surface area contributed by atoms with E-state index in [0.29, 0.717) is 11.6 Å². The van der Waals surface area contributed by atoms with Gasteiger partial charge in [0.15, 0.2) is 10.2 Å². The predicted octanol–water partition coefficient (Wildman–Crippen LogP) is 2.54. The highest BCUT2D eigenvalue weighted by Crippen LogP contribution is 2.29. The van der Waals surface area contributed by atoms with Gasteiger partial charge in [-0.15, -0.1) is 10.2 Å². The zero-order chi connectivity index (χ0) is 16.9. The molecule has 1 aliphatic rings. The summed E-state index contributed by atoms with van der Waals surface area (Å²) in [6.07, 6.45) is 2.44. The Morgan fingerprint density at radius 1 is 1.54 bits per heavy atom. The molecule has 1 aliphatic heterocycles. The lowest BCUT2D eigenvalue weighted by atomic mass is 10.2. The summed E-state index contributed by atoms with van der Waals surface area (Å²) in [6, 6.07) is 1.67. The van der Waals surface area contributed by atoms with Gasteiger partial charge in [-0.25, -0.2) is 0 Å². The second kappa shape index (κ2) is 7.95. The van der Waals surface area contributed by atoms with Crippen molar-refractivity contribution in [3.05, 3.63) is 11.8 Å². The number of amides is 1. The van der Waals surface area contributed by atoms with Gasteiger partial charge in [-0.2, -0.15) is 0 Å². The predicted molar refractivity (Wildman–Crippen MR) is 92.6 cm³/mol. The number of hydrogen-bond donors (Lipinski definition) is 2. The van der Waals surface area contributed by atoms with Crippen LogP contribution >= 0.6 is 23.1 Å². The topological polar surface area (TPSA) is 102 Å². The third-order valence-corrected chi connectivity index (χ3v) is 5.50. The van der Waals surface area contributed by atoms with Crippen LogP contribution in [0.2, 0.25) is 0 Å². The van der Waals surface area contributed by atoms with Crippen LogP contribution < -0.4 is 10.6 Å². The maximum Gasteiger partial charge on any atom is 0.238 e. The number of ether oxygens (including phenoxy) is 1. The number of hydrogen-bond acceptors (Lipinski definition) is 9. The van der Waals surface area contributed by atoms with E-state index < -0.39 is 0 Å². The van der Waals surface area contributed by atoms with Gasteiger partial charge in [0.2, 0.25) is 11.0 Å². The summed E-state index contributed by atoms with van der Waals surface area (Å²) in [5, 5.41) is 18.3. The van der Waals surface area contributed by atoms with Gasteiger partial charge in [-0.1, -0.05) is 28.3 Å². The van der Waals surface area contributed by atoms with E-state index in [1.54, 1.807) is 13.0 Å². The van der Waals surface area contributed by atoms with E-state index in [0.717, 1.165) is 35.5 Å². The average Bonchev–Trinajstić information content (AvgIpc) is 3.28. The maximum absolute atomic E-state index is 12.1. The van der Waals surface area contributed by atoms with E-state index in [4.69, 9.17) is 9.26 Å². The Balaban J connectivity index is 1.47. The van der Waals surface area contributed by atoms with Crippen molar-refractivity contribution in [2.45, 2.75) is 42.4 Å².